The van der Waals surface area contributed by atoms with Crippen molar-refractivity contribution in [2.75, 3.05) is 0 Å². The lowest BCUT2D eigenvalue weighted by Gasteiger charge is -2.05. The molecular formula is C13H16N2O4S2. The van der Waals surface area contributed by atoms with E-state index in [-0.39, 0.29) is 10.6 Å². The third-order valence-corrected chi connectivity index (χ3v) is 5.92. The molecule has 6 nitrogen and oxygen atoms in total. The van der Waals surface area contributed by atoms with Crippen molar-refractivity contribution in [2.45, 2.75) is 37.8 Å². The number of nitrogens with one attached hydrogen (secondary N) is 1. The molecule has 0 atom stereocenters. The predicted molar refractivity (Wildman–Crippen MR) is 78.7 cm³/mol. The van der Waals surface area contributed by atoms with Gasteiger partial charge in [-0.2, -0.15) is 0 Å². The molecule has 0 aliphatic rings. The summed E-state index contributed by atoms with van der Waals surface area (Å²) < 4.78 is 31.5. The average molecular weight is 328 g/mol. The van der Waals surface area contributed by atoms with Gasteiger partial charge in [-0.1, -0.05) is 5.16 Å². The van der Waals surface area contributed by atoms with Crippen LogP contribution in [0.4, 0.5) is 0 Å². The highest BCUT2D eigenvalue weighted by atomic mass is 32.2. The van der Waals surface area contributed by atoms with E-state index in [1.54, 1.807) is 26.0 Å². The molecule has 2 rings (SSSR count). The van der Waals surface area contributed by atoms with E-state index in [4.69, 9.17) is 4.52 Å². The Morgan fingerprint density at radius 2 is 2.05 bits per heavy atom. The number of nitrogens with zero attached hydrogens (tertiary/aromatic N) is 1. The Morgan fingerprint density at radius 1 is 1.33 bits per heavy atom. The summed E-state index contributed by atoms with van der Waals surface area (Å²) in [5, 5.41) is 3.71. The summed E-state index contributed by atoms with van der Waals surface area (Å²) >= 11 is 1.15. The van der Waals surface area contributed by atoms with Crippen LogP contribution in [0, 0.1) is 20.8 Å². The van der Waals surface area contributed by atoms with Gasteiger partial charge in [0, 0.05) is 23.8 Å². The molecule has 21 heavy (non-hydrogen) atoms. The molecule has 0 bridgehead atoms. The van der Waals surface area contributed by atoms with Gasteiger partial charge in [0.05, 0.1) is 5.69 Å². The molecule has 0 unspecified atom stereocenters. The number of rotatable bonds is 5. The molecule has 1 N–H and O–H groups in total. The van der Waals surface area contributed by atoms with E-state index in [0.717, 1.165) is 21.9 Å². The quantitative estimate of drug-likeness (QED) is 0.908. The zero-order valence-corrected chi connectivity index (χ0v) is 13.6. The van der Waals surface area contributed by atoms with Gasteiger partial charge < -0.3 is 4.52 Å². The van der Waals surface area contributed by atoms with Crippen LogP contribution in [0.5, 0.6) is 0 Å². The van der Waals surface area contributed by atoms with Crippen LogP contribution in [0.2, 0.25) is 0 Å². The molecule has 1 amide bonds. The van der Waals surface area contributed by atoms with Crippen LogP contribution in [0.1, 0.15) is 28.3 Å². The smallest absolute Gasteiger partial charge is 0.273 e. The van der Waals surface area contributed by atoms with Crippen LogP contribution < -0.4 is 4.72 Å². The number of hydrogen-bond acceptors (Lipinski definition) is 6. The minimum Gasteiger partial charge on any atom is -0.361 e. The molecule has 114 valence electrons. The molecule has 2 aromatic rings. The maximum atomic E-state index is 12.1. The molecule has 0 saturated heterocycles. The number of hydrogen-bond donors (Lipinski definition) is 1. The maximum absolute atomic E-state index is 12.1. The van der Waals surface area contributed by atoms with Gasteiger partial charge in [-0.05, 0) is 32.4 Å². The van der Waals surface area contributed by atoms with Gasteiger partial charge in [0.2, 0.25) is 5.91 Å². The normalized spacial score (nSPS) is 11.6. The fraction of sp³-hybridized carbons (Fsp3) is 0.385. The lowest BCUT2D eigenvalue weighted by molar-refractivity contribution is -0.119. The van der Waals surface area contributed by atoms with Crippen LogP contribution in [-0.4, -0.2) is 19.5 Å². The van der Waals surface area contributed by atoms with Crippen molar-refractivity contribution < 1.29 is 17.7 Å². The van der Waals surface area contributed by atoms with Gasteiger partial charge in [-0.3, -0.25) is 4.79 Å². The first-order chi connectivity index (χ1) is 9.78. The zero-order valence-electron chi connectivity index (χ0n) is 12.0. The van der Waals surface area contributed by atoms with Crippen molar-refractivity contribution in [3.63, 3.8) is 0 Å². The summed E-state index contributed by atoms with van der Waals surface area (Å²) in [5.74, 6) is -0.00213. The molecule has 0 aromatic carbocycles. The standard InChI is InChI=1S/C13H16N2O4S2/c1-8-6-10(3)20-13(8)21(17,18)15-12(16)5-4-11-7-9(2)14-19-11/h6-7H,4-5H2,1-3H3,(H,15,16). The van der Waals surface area contributed by atoms with Crippen molar-refractivity contribution in [3.05, 3.63) is 34.0 Å². The largest absolute Gasteiger partial charge is 0.361 e. The Labute approximate surface area is 127 Å². The molecule has 0 aliphatic carbocycles. The second kappa shape index (κ2) is 5.98. The summed E-state index contributed by atoms with van der Waals surface area (Å²) in [6.45, 7) is 5.31. The summed E-state index contributed by atoms with van der Waals surface area (Å²) in [4.78, 5) is 12.7. The first-order valence-electron chi connectivity index (χ1n) is 6.33. The number of aromatic nitrogens is 1. The highest BCUT2D eigenvalue weighted by Gasteiger charge is 2.22. The number of thiophene rings is 1. The fourth-order valence-electron chi connectivity index (χ4n) is 1.90. The first kappa shape index (κ1) is 15.7. The zero-order chi connectivity index (χ0) is 15.6. The Bertz CT molecular complexity index is 759. The molecule has 0 radical (unpaired) electrons. The van der Waals surface area contributed by atoms with Gasteiger partial charge in [-0.15, -0.1) is 11.3 Å². The van der Waals surface area contributed by atoms with Crippen molar-refractivity contribution in [1.82, 2.24) is 9.88 Å². The van der Waals surface area contributed by atoms with E-state index in [2.05, 4.69) is 9.88 Å². The van der Waals surface area contributed by atoms with E-state index >= 15 is 0 Å². The second-order valence-electron chi connectivity index (χ2n) is 4.79. The van der Waals surface area contributed by atoms with Crippen molar-refractivity contribution in [2.24, 2.45) is 0 Å². The molecule has 0 fully saturated rings. The third kappa shape index (κ3) is 3.92. The molecule has 2 aromatic heterocycles. The first-order valence-corrected chi connectivity index (χ1v) is 8.63. The van der Waals surface area contributed by atoms with Crippen LogP contribution >= 0.6 is 11.3 Å². The average Bonchev–Trinajstić information content (AvgIpc) is 2.92. The van der Waals surface area contributed by atoms with E-state index in [9.17, 15) is 13.2 Å². The highest BCUT2D eigenvalue weighted by molar-refractivity contribution is 7.92. The summed E-state index contributed by atoms with van der Waals surface area (Å²) in [7, 11) is -3.80. The Morgan fingerprint density at radius 3 is 2.57 bits per heavy atom. The van der Waals surface area contributed by atoms with Gasteiger partial charge in [-0.25, -0.2) is 13.1 Å². The van der Waals surface area contributed by atoms with Crippen molar-refractivity contribution in [1.29, 1.82) is 0 Å². The van der Waals surface area contributed by atoms with Crippen LogP contribution in [-0.2, 0) is 21.2 Å². The van der Waals surface area contributed by atoms with Crippen LogP contribution in [0.15, 0.2) is 20.9 Å². The van der Waals surface area contributed by atoms with Gasteiger partial charge in [0.25, 0.3) is 10.0 Å². The molecule has 0 spiro atoms. The maximum Gasteiger partial charge on any atom is 0.273 e. The van der Waals surface area contributed by atoms with E-state index in [0.29, 0.717) is 17.7 Å². The van der Waals surface area contributed by atoms with E-state index in [1.807, 2.05) is 6.92 Å². The Hall–Kier alpha value is -1.67. The fourth-order valence-corrected chi connectivity index (χ4v) is 4.59. The molecule has 0 aliphatic heterocycles. The van der Waals surface area contributed by atoms with Gasteiger partial charge in [0.1, 0.15) is 9.97 Å². The topological polar surface area (TPSA) is 89.3 Å². The van der Waals surface area contributed by atoms with Crippen LogP contribution in [0.25, 0.3) is 0 Å². The minimum atomic E-state index is -3.80. The summed E-state index contributed by atoms with van der Waals surface area (Å²) in [6, 6.07) is 3.50. The summed E-state index contributed by atoms with van der Waals surface area (Å²) in [6.07, 6.45) is 0.335. The Balaban J connectivity index is 2.00. The Kier molecular flexibility index (Phi) is 4.48. The number of amides is 1. The van der Waals surface area contributed by atoms with Gasteiger partial charge >= 0.3 is 0 Å². The minimum absolute atomic E-state index is 0.0251. The predicted octanol–water partition coefficient (Wildman–Crippen LogP) is 2.10. The van der Waals surface area contributed by atoms with E-state index in [1.165, 1.54) is 0 Å². The lowest BCUT2D eigenvalue weighted by atomic mass is 10.2. The number of sulfonamides is 1. The highest BCUT2D eigenvalue weighted by Crippen LogP contribution is 2.25. The molecule has 2 heterocycles. The van der Waals surface area contributed by atoms with Gasteiger partial charge in [0.15, 0.2) is 0 Å². The molecular weight excluding hydrogens is 312 g/mol. The van der Waals surface area contributed by atoms with Crippen molar-refractivity contribution >= 4 is 27.3 Å². The molecule has 8 heteroatoms. The monoisotopic (exact) mass is 328 g/mol. The number of carbonyl (C=O) groups excluding carboxylic acids is 1. The number of aryl methyl sites for hydroxylation is 4. The van der Waals surface area contributed by atoms with Crippen molar-refractivity contribution in [3.8, 4) is 0 Å². The third-order valence-electron chi connectivity index (χ3n) is 2.76. The molecule has 0 saturated carbocycles. The number of carbonyl (C=O) groups is 1. The SMILES string of the molecule is Cc1cc(CCC(=O)NS(=O)(=O)c2sc(C)cc2C)on1. The summed E-state index contributed by atoms with van der Waals surface area (Å²) in [5.41, 5.74) is 1.37. The van der Waals surface area contributed by atoms with E-state index < -0.39 is 15.9 Å². The van der Waals surface area contributed by atoms with Crippen LogP contribution in [0.3, 0.4) is 0 Å². The lowest BCUT2D eigenvalue weighted by Crippen LogP contribution is -2.30. The second-order valence-corrected chi connectivity index (χ2v) is 7.92.